The number of fused-ring (bicyclic) bond motifs is 5. The van der Waals surface area contributed by atoms with E-state index in [1.165, 1.54) is 0 Å². The lowest BCUT2D eigenvalue weighted by atomic mass is 9.43. The Morgan fingerprint density at radius 2 is 1.77 bits per heavy atom. The molecule has 9 atom stereocenters. The lowest BCUT2D eigenvalue weighted by molar-refractivity contribution is -0.221. The second-order valence-corrected chi connectivity index (χ2v) is 9.00. The molecule has 0 aliphatic heterocycles. The third-order valence-corrected chi connectivity index (χ3v) is 8.26. The molecule has 3 N–H and O–H groups in total. The highest BCUT2D eigenvalue weighted by Gasteiger charge is 2.64. The normalized spacial score (nSPS) is 69.2. The maximum Gasteiger partial charge on any atom is 0.0728 e. The fraction of sp³-hybridized carbons (Fsp3) is 1.00. The summed E-state index contributed by atoms with van der Waals surface area (Å²) in [4.78, 5) is 0. The SMILES string of the molecule is [2H][C@@H]1CC2C(CCC3(C)C2CC[C@]3([2H])O)C2(C)CCC(O)CC12O. The molecule has 126 valence electrons. The zero-order valence-corrected chi connectivity index (χ0v) is 13.9. The summed E-state index contributed by atoms with van der Waals surface area (Å²) in [7, 11) is 0. The molecule has 0 heterocycles. The summed E-state index contributed by atoms with van der Waals surface area (Å²) in [5.74, 6) is 0.926. The molecule has 4 saturated carbocycles. The first-order chi connectivity index (χ1) is 11.1. The molecular weight excluding hydrogens is 276 g/mol. The van der Waals surface area contributed by atoms with Gasteiger partial charge in [-0.1, -0.05) is 13.8 Å². The van der Waals surface area contributed by atoms with Crippen molar-refractivity contribution in [1.29, 1.82) is 0 Å². The van der Waals surface area contributed by atoms with Gasteiger partial charge in [0.25, 0.3) is 0 Å². The summed E-state index contributed by atoms with van der Waals surface area (Å²) in [6, 6.07) is 0. The van der Waals surface area contributed by atoms with E-state index in [9.17, 15) is 15.3 Å². The quantitative estimate of drug-likeness (QED) is 0.645. The van der Waals surface area contributed by atoms with Gasteiger partial charge in [-0.05, 0) is 79.9 Å². The third-order valence-electron chi connectivity index (χ3n) is 8.26. The average Bonchev–Trinajstić information content (AvgIpc) is 2.73. The van der Waals surface area contributed by atoms with Crippen LogP contribution in [0.3, 0.4) is 0 Å². The van der Waals surface area contributed by atoms with Crippen LogP contribution in [0.1, 0.15) is 74.4 Å². The van der Waals surface area contributed by atoms with Gasteiger partial charge in [-0.2, -0.15) is 0 Å². The monoisotopic (exact) mass is 310 g/mol. The van der Waals surface area contributed by atoms with Gasteiger partial charge in [0.15, 0.2) is 0 Å². The molecule has 4 rings (SSSR count). The van der Waals surface area contributed by atoms with Crippen molar-refractivity contribution in [2.75, 3.05) is 0 Å². The first kappa shape index (κ1) is 13.2. The van der Waals surface area contributed by atoms with Crippen LogP contribution in [0.25, 0.3) is 0 Å². The Morgan fingerprint density at radius 3 is 2.55 bits per heavy atom. The van der Waals surface area contributed by atoms with Crippen molar-refractivity contribution in [2.24, 2.45) is 28.6 Å². The van der Waals surface area contributed by atoms with Crippen molar-refractivity contribution >= 4 is 0 Å². The fourth-order valence-corrected chi connectivity index (χ4v) is 6.73. The molecule has 4 aliphatic carbocycles. The van der Waals surface area contributed by atoms with Crippen LogP contribution < -0.4 is 0 Å². The van der Waals surface area contributed by atoms with Crippen LogP contribution >= 0.6 is 0 Å². The van der Waals surface area contributed by atoms with Gasteiger partial charge in [0, 0.05) is 7.79 Å². The minimum Gasteiger partial charge on any atom is -0.393 e. The lowest BCUT2D eigenvalue weighted by Gasteiger charge is -2.63. The van der Waals surface area contributed by atoms with Crippen LogP contribution in [-0.4, -0.2) is 33.1 Å². The Kier molecular flexibility index (Phi) is 2.82. The predicted octanol–water partition coefficient (Wildman–Crippen LogP) is 2.87. The van der Waals surface area contributed by atoms with Crippen LogP contribution in [-0.2, 0) is 0 Å². The molecule has 0 bridgehead atoms. The van der Waals surface area contributed by atoms with E-state index in [1.807, 2.05) is 0 Å². The Bertz CT molecular complexity index is 541. The molecule has 0 amide bonds. The summed E-state index contributed by atoms with van der Waals surface area (Å²) in [5.41, 5.74) is -1.81. The van der Waals surface area contributed by atoms with Crippen LogP contribution in [0.2, 0.25) is 0 Å². The van der Waals surface area contributed by atoms with E-state index in [-0.39, 0.29) is 16.7 Å². The van der Waals surface area contributed by atoms with E-state index < -0.39 is 24.2 Å². The van der Waals surface area contributed by atoms with E-state index in [2.05, 4.69) is 13.8 Å². The van der Waals surface area contributed by atoms with Crippen molar-refractivity contribution in [3.05, 3.63) is 0 Å². The number of hydrogen-bond donors (Lipinski definition) is 3. The van der Waals surface area contributed by atoms with Gasteiger partial charge in [-0.25, -0.2) is 0 Å². The molecule has 7 unspecified atom stereocenters. The number of hydrogen-bond acceptors (Lipinski definition) is 3. The number of aliphatic hydroxyl groups excluding tert-OH is 1. The standard InChI is InChI=1S/C19H32O3/c1-17-8-7-15-13(14(17)3-4-16(17)21)6-10-19(22)11-12(20)5-9-18(15,19)2/h12-16,20-22H,3-11H2,1-2H3/t12?,13?,14?,15?,16-,17?,18?,19?/m0/s1/i10D,16D/t10-,12?,13?,14?,15?,16+,17?,18?,19?/m1. The van der Waals surface area contributed by atoms with Crippen LogP contribution in [0.15, 0.2) is 0 Å². The summed E-state index contributed by atoms with van der Waals surface area (Å²) in [6.07, 6.45) is 3.15. The Hall–Kier alpha value is -0.120. The summed E-state index contributed by atoms with van der Waals surface area (Å²) in [5, 5.41) is 32.1. The Morgan fingerprint density at radius 1 is 1.00 bits per heavy atom. The third kappa shape index (κ3) is 1.79. The molecule has 0 aromatic heterocycles. The minimum absolute atomic E-state index is 0.278. The first-order valence-electron chi connectivity index (χ1n) is 10.2. The lowest BCUT2D eigenvalue weighted by Crippen LogP contribution is -2.63. The highest BCUT2D eigenvalue weighted by molar-refractivity contribution is 5.14. The van der Waals surface area contributed by atoms with Gasteiger partial charge < -0.3 is 15.3 Å². The maximum atomic E-state index is 11.4. The zero-order chi connectivity index (χ0) is 17.5. The van der Waals surface area contributed by atoms with Crippen molar-refractivity contribution in [3.8, 4) is 0 Å². The van der Waals surface area contributed by atoms with Crippen LogP contribution in [0.4, 0.5) is 0 Å². The first-order valence-corrected chi connectivity index (χ1v) is 9.10. The molecule has 0 saturated heterocycles. The topological polar surface area (TPSA) is 60.7 Å². The van der Waals surface area contributed by atoms with E-state index >= 15 is 0 Å². The van der Waals surface area contributed by atoms with Gasteiger partial charge in [0.1, 0.15) is 0 Å². The second kappa shape index (κ2) is 4.70. The van der Waals surface area contributed by atoms with Crippen molar-refractivity contribution < 1.29 is 18.1 Å². The number of aliphatic hydroxyl groups is 3. The van der Waals surface area contributed by atoms with E-state index in [1.54, 1.807) is 0 Å². The van der Waals surface area contributed by atoms with Gasteiger partial charge >= 0.3 is 0 Å². The molecule has 22 heavy (non-hydrogen) atoms. The molecule has 3 heteroatoms. The minimum atomic E-state index is -1.35. The molecule has 0 aromatic rings. The van der Waals surface area contributed by atoms with Crippen LogP contribution in [0.5, 0.6) is 0 Å². The molecular formula is C19H32O3. The van der Waals surface area contributed by atoms with Gasteiger partial charge in [-0.15, -0.1) is 0 Å². The summed E-state index contributed by atoms with van der Waals surface area (Å²) >= 11 is 0. The molecule has 0 spiro atoms. The van der Waals surface area contributed by atoms with Crippen molar-refractivity contribution in [1.82, 2.24) is 0 Å². The highest BCUT2D eigenvalue weighted by atomic mass is 16.3. The fourth-order valence-electron chi connectivity index (χ4n) is 6.73. The van der Waals surface area contributed by atoms with E-state index in [0.717, 1.165) is 25.7 Å². The molecule has 3 nitrogen and oxygen atoms in total. The maximum absolute atomic E-state index is 11.4. The molecule has 4 fully saturated rings. The van der Waals surface area contributed by atoms with Gasteiger partial charge in [-0.3, -0.25) is 0 Å². The van der Waals surface area contributed by atoms with Crippen LogP contribution in [0, 0.1) is 28.6 Å². The smallest absolute Gasteiger partial charge is 0.0728 e. The van der Waals surface area contributed by atoms with E-state index in [0.29, 0.717) is 37.5 Å². The highest BCUT2D eigenvalue weighted by Crippen LogP contribution is 2.67. The summed E-state index contributed by atoms with van der Waals surface area (Å²) in [6.45, 7) is 4.21. The molecule has 0 radical (unpaired) electrons. The predicted molar refractivity (Wildman–Crippen MR) is 85.2 cm³/mol. The van der Waals surface area contributed by atoms with Gasteiger partial charge in [0.2, 0.25) is 0 Å². The molecule has 0 aromatic carbocycles. The average molecular weight is 310 g/mol. The summed E-state index contributed by atoms with van der Waals surface area (Å²) < 4.78 is 17.1. The Labute approximate surface area is 136 Å². The Balaban J connectivity index is 1.72. The van der Waals surface area contributed by atoms with Crippen molar-refractivity contribution in [2.45, 2.75) is 89.4 Å². The zero-order valence-electron chi connectivity index (χ0n) is 15.9. The van der Waals surface area contributed by atoms with E-state index in [4.69, 9.17) is 2.74 Å². The van der Waals surface area contributed by atoms with Crippen molar-refractivity contribution in [3.63, 3.8) is 0 Å². The number of rotatable bonds is 0. The largest absolute Gasteiger partial charge is 0.393 e. The second-order valence-electron chi connectivity index (χ2n) is 9.00. The molecule has 4 aliphatic rings. The van der Waals surface area contributed by atoms with Gasteiger partial charge in [0.05, 0.1) is 19.2 Å².